The van der Waals surface area contributed by atoms with Crippen molar-refractivity contribution in [3.63, 3.8) is 0 Å². The molecule has 1 aliphatic carbocycles. The topological polar surface area (TPSA) is 106 Å². The van der Waals surface area contributed by atoms with Gasteiger partial charge < -0.3 is 15.0 Å². The summed E-state index contributed by atoms with van der Waals surface area (Å²) in [5, 5.41) is 10.7. The molecule has 0 spiro atoms. The summed E-state index contributed by atoms with van der Waals surface area (Å²) in [5.74, 6) is 1.24. The fourth-order valence-corrected chi connectivity index (χ4v) is 5.53. The minimum Gasteiger partial charge on any atom is -0.497 e. The molecule has 0 radical (unpaired) electrons. The van der Waals surface area contributed by atoms with Crippen LogP contribution in [-0.4, -0.2) is 46.7 Å². The summed E-state index contributed by atoms with van der Waals surface area (Å²) in [6, 6.07) is 16.6. The summed E-state index contributed by atoms with van der Waals surface area (Å²) < 4.78 is 7.41. The maximum atomic E-state index is 13.2. The fourth-order valence-electron chi connectivity index (χ4n) is 5.53. The second-order valence-electron chi connectivity index (χ2n) is 10.6. The highest BCUT2D eigenvalue weighted by atomic mass is 16.5. The van der Waals surface area contributed by atoms with Crippen LogP contribution in [0.25, 0.3) is 22.0 Å². The summed E-state index contributed by atoms with van der Waals surface area (Å²) in [5.41, 5.74) is 6.82. The number of ether oxygens (including phenoxy) is 1. The average molecular weight is 538 g/mol. The highest BCUT2D eigenvalue weighted by molar-refractivity contribution is 5.99. The van der Waals surface area contributed by atoms with Crippen LogP contribution >= 0.6 is 0 Å². The van der Waals surface area contributed by atoms with Crippen LogP contribution < -0.4 is 15.4 Å². The number of urea groups is 1. The minimum atomic E-state index is -0.626. The molecule has 6 rings (SSSR count). The van der Waals surface area contributed by atoms with Crippen molar-refractivity contribution in [2.45, 2.75) is 38.9 Å². The zero-order valence-electron chi connectivity index (χ0n) is 22.5. The summed E-state index contributed by atoms with van der Waals surface area (Å²) in [7, 11) is 1.57. The first-order valence-electron chi connectivity index (χ1n) is 13.5. The number of amides is 4. The maximum Gasteiger partial charge on any atom is 0.321 e. The standard InChI is InChI=1S/C31H31N5O4/c1-19-11-24(12-25-14-33-36(29(19)25)15-20-3-4-20)21-5-7-22(8-6-21)28(34-31(39)32-18-37)17-35-16-23-9-10-26(40-2)13-27(23)30(35)38/h5-14,18,20,28H,3-4,15-17H2,1-2H3,(H2,32,34,37,39)/t28-/m0/s1. The zero-order chi connectivity index (χ0) is 27.8. The molecule has 1 aliphatic heterocycles. The van der Waals surface area contributed by atoms with Crippen LogP contribution in [0.3, 0.4) is 0 Å². The smallest absolute Gasteiger partial charge is 0.321 e. The lowest BCUT2D eigenvalue weighted by atomic mass is 9.98. The van der Waals surface area contributed by atoms with Gasteiger partial charge in [0.1, 0.15) is 5.75 Å². The van der Waals surface area contributed by atoms with Gasteiger partial charge in [-0.3, -0.25) is 19.6 Å². The molecular weight excluding hydrogens is 506 g/mol. The van der Waals surface area contributed by atoms with Crippen molar-refractivity contribution >= 4 is 29.3 Å². The Hall–Kier alpha value is -4.66. The van der Waals surface area contributed by atoms with Crippen molar-refractivity contribution in [1.29, 1.82) is 0 Å². The van der Waals surface area contributed by atoms with E-state index in [0.717, 1.165) is 40.1 Å². The third-order valence-electron chi connectivity index (χ3n) is 7.79. The quantitative estimate of drug-likeness (QED) is 0.304. The molecule has 1 aromatic heterocycles. The lowest BCUT2D eigenvalue weighted by Gasteiger charge is -2.25. The number of benzene rings is 3. The Kier molecular flexibility index (Phi) is 6.71. The SMILES string of the molecule is COc1ccc2c(c1)C(=O)N(C[C@H](NC(=O)NC=O)c1ccc(-c3cc(C)c4c(cnn4CC4CC4)c3)cc1)C2. The van der Waals surface area contributed by atoms with Crippen LogP contribution in [0.4, 0.5) is 4.79 Å². The second-order valence-corrected chi connectivity index (χ2v) is 10.6. The summed E-state index contributed by atoms with van der Waals surface area (Å²) in [6.07, 6.45) is 4.84. The molecule has 2 aliphatic rings. The number of nitrogens with zero attached hydrogens (tertiary/aromatic N) is 3. The minimum absolute atomic E-state index is 0.126. The van der Waals surface area contributed by atoms with E-state index in [2.05, 4.69) is 39.5 Å². The van der Waals surface area contributed by atoms with E-state index in [1.54, 1.807) is 18.1 Å². The van der Waals surface area contributed by atoms with Gasteiger partial charge in [0, 0.05) is 30.6 Å². The second kappa shape index (κ2) is 10.5. The largest absolute Gasteiger partial charge is 0.497 e. The Morgan fingerprint density at radius 2 is 1.93 bits per heavy atom. The molecule has 9 nitrogen and oxygen atoms in total. The van der Waals surface area contributed by atoms with Gasteiger partial charge in [-0.05, 0) is 77.8 Å². The molecule has 4 amide bonds. The highest BCUT2D eigenvalue weighted by Gasteiger charge is 2.30. The van der Waals surface area contributed by atoms with Gasteiger partial charge in [0.15, 0.2) is 0 Å². The Morgan fingerprint density at radius 3 is 2.65 bits per heavy atom. The number of rotatable bonds is 9. The maximum absolute atomic E-state index is 13.2. The molecule has 2 N–H and O–H groups in total. The van der Waals surface area contributed by atoms with Gasteiger partial charge in [-0.25, -0.2) is 4.79 Å². The molecule has 4 aromatic rings. The third kappa shape index (κ3) is 5.02. The fraction of sp³-hybridized carbons (Fsp3) is 0.290. The van der Waals surface area contributed by atoms with Crippen LogP contribution in [0.5, 0.6) is 5.75 Å². The monoisotopic (exact) mass is 537 g/mol. The number of imide groups is 1. The summed E-state index contributed by atoms with van der Waals surface area (Å²) in [6.45, 7) is 3.77. The van der Waals surface area contributed by atoms with E-state index >= 15 is 0 Å². The lowest BCUT2D eigenvalue weighted by Crippen LogP contribution is -2.42. The molecule has 0 unspecified atom stereocenters. The van der Waals surface area contributed by atoms with Crippen LogP contribution in [0.2, 0.25) is 0 Å². The van der Waals surface area contributed by atoms with Gasteiger partial charge in [-0.1, -0.05) is 30.3 Å². The van der Waals surface area contributed by atoms with Crippen molar-refractivity contribution in [3.8, 4) is 16.9 Å². The predicted octanol–water partition coefficient (Wildman–Crippen LogP) is 4.58. The number of carbonyl (C=O) groups is 3. The Labute approximate surface area is 232 Å². The van der Waals surface area contributed by atoms with E-state index in [4.69, 9.17) is 4.74 Å². The molecule has 1 atom stereocenters. The number of methoxy groups -OCH3 is 1. The van der Waals surface area contributed by atoms with Gasteiger partial charge in [-0.15, -0.1) is 0 Å². The molecule has 1 fully saturated rings. The molecular formula is C31H31N5O4. The van der Waals surface area contributed by atoms with Gasteiger partial charge >= 0.3 is 6.03 Å². The summed E-state index contributed by atoms with van der Waals surface area (Å²) in [4.78, 5) is 38.0. The first-order chi connectivity index (χ1) is 19.4. The summed E-state index contributed by atoms with van der Waals surface area (Å²) >= 11 is 0. The van der Waals surface area contributed by atoms with Crippen LogP contribution in [-0.2, 0) is 17.9 Å². The normalized spacial score (nSPS) is 15.2. The molecule has 1 saturated carbocycles. The third-order valence-corrected chi connectivity index (χ3v) is 7.79. The first-order valence-corrected chi connectivity index (χ1v) is 13.5. The van der Waals surface area contributed by atoms with E-state index in [1.165, 1.54) is 23.9 Å². The van der Waals surface area contributed by atoms with Gasteiger partial charge in [0.2, 0.25) is 6.41 Å². The van der Waals surface area contributed by atoms with Crippen LogP contribution in [0.15, 0.2) is 60.8 Å². The van der Waals surface area contributed by atoms with Crippen molar-refractivity contribution in [2.24, 2.45) is 5.92 Å². The number of carbonyl (C=O) groups excluding carboxylic acids is 3. The van der Waals surface area contributed by atoms with E-state index in [0.29, 0.717) is 24.3 Å². The number of aryl methyl sites for hydroxylation is 1. The number of hydrogen-bond donors (Lipinski definition) is 2. The van der Waals surface area contributed by atoms with Gasteiger partial charge in [0.25, 0.3) is 5.91 Å². The van der Waals surface area contributed by atoms with Gasteiger partial charge in [0.05, 0.1) is 24.9 Å². The number of hydrogen-bond acceptors (Lipinski definition) is 5. The van der Waals surface area contributed by atoms with Crippen LogP contribution in [0.1, 0.15) is 45.9 Å². The highest BCUT2D eigenvalue weighted by Crippen LogP contribution is 2.34. The van der Waals surface area contributed by atoms with Crippen molar-refractivity contribution < 1.29 is 19.1 Å². The van der Waals surface area contributed by atoms with E-state index < -0.39 is 12.1 Å². The molecule has 3 aromatic carbocycles. The Morgan fingerprint density at radius 1 is 1.12 bits per heavy atom. The van der Waals surface area contributed by atoms with Crippen molar-refractivity contribution in [2.75, 3.05) is 13.7 Å². The Bertz CT molecular complexity index is 1610. The molecule has 2 heterocycles. The zero-order valence-corrected chi connectivity index (χ0v) is 22.5. The van der Waals surface area contributed by atoms with Crippen molar-refractivity contribution in [1.82, 2.24) is 25.3 Å². The van der Waals surface area contributed by atoms with E-state index in [9.17, 15) is 14.4 Å². The predicted molar refractivity (Wildman–Crippen MR) is 151 cm³/mol. The van der Waals surface area contributed by atoms with Crippen LogP contribution in [0, 0.1) is 12.8 Å². The molecule has 9 heteroatoms. The number of nitrogens with one attached hydrogen (secondary N) is 2. The van der Waals surface area contributed by atoms with Crippen molar-refractivity contribution in [3.05, 3.63) is 83.0 Å². The molecule has 204 valence electrons. The average Bonchev–Trinajstić information content (AvgIpc) is 3.60. The lowest BCUT2D eigenvalue weighted by molar-refractivity contribution is -0.108. The number of fused-ring (bicyclic) bond motifs is 2. The Balaban J connectivity index is 1.24. The first kappa shape index (κ1) is 25.6. The van der Waals surface area contributed by atoms with E-state index in [-0.39, 0.29) is 12.5 Å². The molecule has 0 bridgehead atoms. The van der Waals surface area contributed by atoms with E-state index in [1.807, 2.05) is 42.6 Å². The number of aromatic nitrogens is 2. The van der Waals surface area contributed by atoms with Gasteiger partial charge in [-0.2, -0.15) is 5.10 Å². The molecule has 0 saturated heterocycles. The molecule has 40 heavy (non-hydrogen) atoms.